The summed E-state index contributed by atoms with van der Waals surface area (Å²) in [5, 5.41) is 0. The van der Waals surface area contributed by atoms with Gasteiger partial charge in [-0.1, -0.05) is 12.1 Å². The summed E-state index contributed by atoms with van der Waals surface area (Å²) in [6.45, 7) is 4.73. The molecule has 1 aliphatic rings. The van der Waals surface area contributed by atoms with Gasteiger partial charge in [-0.25, -0.2) is 4.39 Å². The van der Waals surface area contributed by atoms with E-state index in [9.17, 15) is 4.39 Å². The van der Waals surface area contributed by atoms with Crippen LogP contribution in [-0.2, 0) is 0 Å². The van der Waals surface area contributed by atoms with Crippen molar-refractivity contribution in [3.05, 3.63) is 30.1 Å². The molecule has 1 fully saturated rings. The Hall–Kier alpha value is -1.13. The van der Waals surface area contributed by atoms with Crippen LogP contribution in [0.25, 0.3) is 0 Å². The molecule has 2 N–H and O–H groups in total. The second kappa shape index (κ2) is 6.35. The van der Waals surface area contributed by atoms with Gasteiger partial charge < -0.3 is 15.5 Å². The largest absolute Gasteiger partial charge is 0.365 e. The second-order valence-electron chi connectivity index (χ2n) is 5.45. The standard InChI is InChI=1S/C15H24FN3/c1-12-8-10-18(2)13(7-9-17)11-19(12)15-6-4-3-5-14(15)16/h3-6,12-13H,7-11,17H2,1-2H3. The van der Waals surface area contributed by atoms with Crippen molar-refractivity contribution in [1.82, 2.24) is 4.90 Å². The smallest absolute Gasteiger partial charge is 0.146 e. The lowest BCUT2D eigenvalue weighted by atomic mass is 10.1. The van der Waals surface area contributed by atoms with Crippen LogP contribution in [0.2, 0.25) is 0 Å². The third-order valence-electron chi connectivity index (χ3n) is 4.12. The summed E-state index contributed by atoms with van der Waals surface area (Å²) in [4.78, 5) is 4.55. The molecule has 106 valence electrons. The van der Waals surface area contributed by atoms with Crippen LogP contribution in [0.5, 0.6) is 0 Å². The molecule has 0 spiro atoms. The maximum absolute atomic E-state index is 14.0. The fourth-order valence-corrected chi connectivity index (χ4v) is 2.80. The summed E-state index contributed by atoms with van der Waals surface area (Å²) >= 11 is 0. The molecule has 3 nitrogen and oxygen atoms in total. The summed E-state index contributed by atoms with van der Waals surface area (Å²) < 4.78 is 14.0. The van der Waals surface area contributed by atoms with Gasteiger partial charge >= 0.3 is 0 Å². The van der Waals surface area contributed by atoms with E-state index >= 15 is 0 Å². The van der Waals surface area contributed by atoms with Gasteiger partial charge in [0.15, 0.2) is 0 Å². The van der Waals surface area contributed by atoms with Gasteiger partial charge in [-0.15, -0.1) is 0 Å². The van der Waals surface area contributed by atoms with E-state index in [4.69, 9.17) is 5.73 Å². The first-order chi connectivity index (χ1) is 9.13. The first-order valence-electron chi connectivity index (χ1n) is 7.05. The molecule has 2 atom stereocenters. The molecule has 0 saturated carbocycles. The van der Waals surface area contributed by atoms with Gasteiger partial charge in [0.05, 0.1) is 5.69 Å². The lowest BCUT2D eigenvalue weighted by Gasteiger charge is -2.33. The zero-order chi connectivity index (χ0) is 13.8. The Kier molecular flexibility index (Phi) is 4.77. The molecule has 0 aliphatic carbocycles. The second-order valence-corrected chi connectivity index (χ2v) is 5.45. The Bertz CT molecular complexity index is 410. The van der Waals surface area contributed by atoms with Gasteiger partial charge in [0.1, 0.15) is 5.82 Å². The highest BCUT2D eigenvalue weighted by atomic mass is 19.1. The van der Waals surface area contributed by atoms with Crippen LogP contribution < -0.4 is 10.6 Å². The third kappa shape index (κ3) is 3.25. The Morgan fingerprint density at radius 1 is 1.37 bits per heavy atom. The predicted molar refractivity (Wildman–Crippen MR) is 77.9 cm³/mol. The molecule has 0 radical (unpaired) electrons. The first kappa shape index (κ1) is 14.3. The van der Waals surface area contributed by atoms with Crippen molar-refractivity contribution in [2.75, 3.05) is 31.6 Å². The molecule has 2 rings (SSSR count). The number of rotatable bonds is 3. The molecule has 0 amide bonds. The fourth-order valence-electron chi connectivity index (χ4n) is 2.80. The number of hydrogen-bond donors (Lipinski definition) is 1. The number of likely N-dealkylation sites (N-methyl/N-ethyl adjacent to an activating group) is 1. The van der Waals surface area contributed by atoms with E-state index in [-0.39, 0.29) is 5.82 Å². The van der Waals surface area contributed by atoms with Crippen molar-refractivity contribution in [3.63, 3.8) is 0 Å². The lowest BCUT2D eigenvalue weighted by Crippen LogP contribution is -2.42. The van der Waals surface area contributed by atoms with E-state index in [1.165, 1.54) is 6.07 Å². The summed E-state index contributed by atoms with van der Waals surface area (Å²) in [6, 6.07) is 7.80. The van der Waals surface area contributed by atoms with Crippen LogP contribution in [-0.4, -0.2) is 43.7 Å². The van der Waals surface area contributed by atoms with Gasteiger partial charge in [0.25, 0.3) is 0 Å². The lowest BCUT2D eigenvalue weighted by molar-refractivity contribution is 0.250. The van der Waals surface area contributed by atoms with Gasteiger partial charge in [-0.3, -0.25) is 0 Å². The Labute approximate surface area is 115 Å². The van der Waals surface area contributed by atoms with E-state index in [1.54, 1.807) is 6.07 Å². The molecule has 1 heterocycles. The maximum Gasteiger partial charge on any atom is 0.146 e. The number of benzene rings is 1. The Balaban J connectivity index is 2.24. The maximum atomic E-state index is 14.0. The number of nitrogens with zero attached hydrogens (tertiary/aromatic N) is 2. The van der Waals surface area contributed by atoms with E-state index in [2.05, 4.69) is 23.8 Å². The van der Waals surface area contributed by atoms with Crippen LogP contribution in [0.15, 0.2) is 24.3 Å². The van der Waals surface area contributed by atoms with E-state index in [1.807, 2.05) is 12.1 Å². The average Bonchev–Trinajstić information content (AvgIpc) is 2.53. The summed E-state index contributed by atoms with van der Waals surface area (Å²) in [6.07, 6.45) is 2.00. The molecule has 0 bridgehead atoms. The van der Waals surface area contributed by atoms with Crippen LogP contribution in [0.4, 0.5) is 10.1 Å². The highest BCUT2D eigenvalue weighted by Crippen LogP contribution is 2.25. The minimum Gasteiger partial charge on any atom is -0.365 e. The normalized spacial score (nSPS) is 25.4. The van der Waals surface area contributed by atoms with Crippen molar-refractivity contribution in [2.45, 2.75) is 31.8 Å². The average molecular weight is 265 g/mol. The third-order valence-corrected chi connectivity index (χ3v) is 4.12. The van der Waals surface area contributed by atoms with Crippen molar-refractivity contribution >= 4 is 5.69 Å². The Morgan fingerprint density at radius 2 is 2.11 bits per heavy atom. The zero-order valence-corrected chi connectivity index (χ0v) is 11.8. The van der Waals surface area contributed by atoms with Gasteiger partial charge in [0, 0.05) is 25.2 Å². The molecular formula is C15H24FN3. The molecular weight excluding hydrogens is 241 g/mol. The molecule has 2 unspecified atom stereocenters. The molecule has 1 saturated heterocycles. The minimum absolute atomic E-state index is 0.134. The molecule has 1 aromatic rings. The molecule has 1 aromatic carbocycles. The molecule has 1 aliphatic heterocycles. The van der Waals surface area contributed by atoms with E-state index < -0.39 is 0 Å². The number of anilines is 1. The molecule has 4 heteroatoms. The van der Waals surface area contributed by atoms with Crippen LogP contribution in [0.3, 0.4) is 0 Å². The minimum atomic E-state index is -0.134. The fraction of sp³-hybridized carbons (Fsp3) is 0.600. The number of nitrogens with two attached hydrogens (primary N) is 1. The van der Waals surface area contributed by atoms with Crippen LogP contribution >= 0.6 is 0 Å². The van der Waals surface area contributed by atoms with Crippen LogP contribution in [0.1, 0.15) is 19.8 Å². The molecule has 0 aromatic heterocycles. The molecule has 19 heavy (non-hydrogen) atoms. The van der Waals surface area contributed by atoms with E-state index in [0.29, 0.717) is 24.3 Å². The van der Waals surface area contributed by atoms with Crippen molar-refractivity contribution in [3.8, 4) is 0 Å². The van der Waals surface area contributed by atoms with Gasteiger partial charge in [0.2, 0.25) is 0 Å². The first-order valence-corrected chi connectivity index (χ1v) is 7.05. The van der Waals surface area contributed by atoms with E-state index in [0.717, 1.165) is 25.9 Å². The summed E-state index contributed by atoms with van der Waals surface area (Å²) in [5.41, 5.74) is 6.42. The highest BCUT2D eigenvalue weighted by molar-refractivity contribution is 5.49. The number of para-hydroxylation sites is 1. The van der Waals surface area contributed by atoms with Crippen molar-refractivity contribution < 1.29 is 4.39 Å². The summed E-state index contributed by atoms with van der Waals surface area (Å²) in [5.74, 6) is -0.134. The van der Waals surface area contributed by atoms with Gasteiger partial charge in [-0.2, -0.15) is 0 Å². The highest BCUT2D eigenvalue weighted by Gasteiger charge is 2.27. The summed E-state index contributed by atoms with van der Waals surface area (Å²) in [7, 11) is 2.14. The number of hydrogen-bond acceptors (Lipinski definition) is 3. The SMILES string of the molecule is CC1CCN(C)C(CCN)CN1c1ccccc1F. The monoisotopic (exact) mass is 265 g/mol. The Morgan fingerprint density at radius 3 is 2.79 bits per heavy atom. The van der Waals surface area contributed by atoms with Crippen molar-refractivity contribution in [2.24, 2.45) is 5.73 Å². The van der Waals surface area contributed by atoms with Crippen LogP contribution in [0, 0.1) is 5.82 Å². The van der Waals surface area contributed by atoms with Crippen molar-refractivity contribution in [1.29, 1.82) is 0 Å². The zero-order valence-electron chi connectivity index (χ0n) is 11.8. The topological polar surface area (TPSA) is 32.5 Å². The number of halogens is 1. The van der Waals surface area contributed by atoms with Gasteiger partial charge in [-0.05, 0) is 45.5 Å². The quantitative estimate of drug-likeness (QED) is 0.908. The predicted octanol–water partition coefficient (Wildman–Crippen LogP) is 2.07.